The lowest BCUT2D eigenvalue weighted by molar-refractivity contribution is 0.364. The van der Waals surface area contributed by atoms with Gasteiger partial charge in [0.05, 0.1) is 12.7 Å². The number of sulfonamides is 1. The third-order valence-corrected chi connectivity index (χ3v) is 6.10. The number of aromatic nitrogens is 2. The highest BCUT2D eigenvalue weighted by Crippen LogP contribution is 2.19. The van der Waals surface area contributed by atoms with Gasteiger partial charge < -0.3 is 0 Å². The zero-order chi connectivity index (χ0) is 16.1. The molecule has 0 saturated carbocycles. The molecule has 1 aromatic carbocycles. The predicted molar refractivity (Wildman–Crippen MR) is 89.6 cm³/mol. The molecule has 6 heteroatoms. The summed E-state index contributed by atoms with van der Waals surface area (Å²) < 4.78 is 28.9. The predicted octanol–water partition coefficient (Wildman–Crippen LogP) is 2.89. The Morgan fingerprint density at radius 2 is 1.61 bits per heavy atom. The fraction of sp³-hybridized carbons (Fsp3) is 0.471. The number of hydrogen-bond donors (Lipinski definition) is 0. The molecular formula is C17H23N3O2S. The molecule has 0 radical (unpaired) electrons. The van der Waals surface area contributed by atoms with E-state index in [4.69, 9.17) is 0 Å². The van der Waals surface area contributed by atoms with E-state index in [1.807, 2.05) is 30.3 Å². The zero-order valence-corrected chi connectivity index (χ0v) is 14.1. The first-order valence-electron chi connectivity index (χ1n) is 8.23. The van der Waals surface area contributed by atoms with Crippen molar-refractivity contribution in [2.24, 2.45) is 0 Å². The molecule has 3 rings (SSSR count). The van der Waals surface area contributed by atoms with Gasteiger partial charge in [0.15, 0.2) is 0 Å². The van der Waals surface area contributed by atoms with E-state index in [1.165, 1.54) is 12.6 Å². The summed E-state index contributed by atoms with van der Waals surface area (Å²) in [6, 6.07) is 9.92. The van der Waals surface area contributed by atoms with Gasteiger partial charge in [-0.25, -0.2) is 8.42 Å². The smallest absolute Gasteiger partial charge is 0.246 e. The van der Waals surface area contributed by atoms with Crippen LogP contribution >= 0.6 is 0 Å². The summed E-state index contributed by atoms with van der Waals surface area (Å²) in [6.07, 6.45) is 8.42. The van der Waals surface area contributed by atoms with Gasteiger partial charge in [0.2, 0.25) is 10.0 Å². The van der Waals surface area contributed by atoms with Crippen LogP contribution < -0.4 is 0 Å². The summed E-state index contributed by atoms with van der Waals surface area (Å²) in [5.41, 5.74) is 1.10. The van der Waals surface area contributed by atoms with Crippen molar-refractivity contribution in [1.29, 1.82) is 0 Å². The fourth-order valence-electron chi connectivity index (χ4n) is 2.94. The average molecular weight is 333 g/mol. The van der Waals surface area contributed by atoms with Gasteiger partial charge in [-0.05, 0) is 18.4 Å². The second-order valence-corrected chi connectivity index (χ2v) is 7.97. The summed E-state index contributed by atoms with van der Waals surface area (Å²) in [5, 5.41) is 4.23. The van der Waals surface area contributed by atoms with Crippen LogP contribution in [0.15, 0.2) is 47.6 Å². The standard InChI is InChI=1S/C17H23N3O2S/c21-23(22,20-11-7-2-1-3-8-12-20)17-13-18-19(15-17)14-16-9-5-4-6-10-16/h4-6,9-10,13,15H,1-3,7-8,11-12,14H2. The largest absolute Gasteiger partial charge is 0.267 e. The molecule has 1 aliphatic heterocycles. The topological polar surface area (TPSA) is 55.2 Å². The van der Waals surface area contributed by atoms with E-state index in [2.05, 4.69) is 5.10 Å². The van der Waals surface area contributed by atoms with Gasteiger partial charge in [-0.2, -0.15) is 9.40 Å². The molecule has 2 aromatic rings. The van der Waals surface area contributed by atoms with Gasteiger partial charge in [0.25, 0.3) is 0 Å². The van der Waals surface area contributed by atoms with Crippen LogP contribution in [0.5, 0.6) is 0 Å². The highest BCUT2D eigenvalue weighted by Gasteiger charge is 2.26. The number of benzene rings is 1. The van der Waals surface area contributed by atoms with Gasteiger partial charge in [-0.1, -0.05) is 49.6 Å². The van der Waals surface area contributed by atoms with Crippen LogP contribution in [-0.2, 0) is 16.6 Å². The number of hydrogen-bond acceptors (Lipinski definition) is 3. The van der Waals surface area contributed by atoms with Crippen molar-refractivity contribution >= 4 is 10.0 Å². The van der Waals surface area contributed by atoms with Gasteiger partial charge in [0, 0.05) is 19.3 Å². The van der Waals surface area contributed by atoms with E-state index in [9.17, 15) is 8.42 Å². The third kappa shape index (κ3) is 4.00. The minimum absolute atomic E-state index is 0.300. The van der Waals surface area contributed by atoms with Crippen molar-refractivity contribution < 1.29 is 8.42 Å². The first-order valence-corrected chi connectivity index (χ1v) is 9.67. The maximum Gasteiger partial charge on any atom is 0.246 e. The second-order valence-electron chi connectivity index (χ2n) is 6.03. The normalized spacial score (nSPS) is 17.6. The van der Waals surface area contributed by atoms with Gasteiger partial charge in [0.1, 0.15) is 4.90 Å². The fourth-order valence-corrected chi connectivity index (χ4v) is 4.41. The van der Waals surface area contributed by atoms with Crippen molar-refractivity contribution in [3.05, 3.63) is 48.3 Å². The molecule has 0 N–H and O–H groups in total. The van der Waals surface area contributed by atoms with Crippen LogP contribution in [0.2, 0.25) is 0 Å². The average Bonchev–Trinajstić information content (AvgIpc) is 2.97. The Bertz CT molecular complexity index is 717. The van der Waals surface area contributed by atoms with E-state index >= 15 is 0 Å². The number of nitrogens with zero attached hydrogens (tertiary/aromatic N) is 3. The molecule has 124 valence electrons. The maximum absolute atomic E-state index is 12.8. The molecule has 1 fully saturated rings. The van der Waals surface area contributed by atoms with E-state index in [1.54, 1.807) is 15.2 Å². The molecule has 0 atom stereocenters. The first-order chi connectivity index (χ1) is 11.2. The van der Waals surface area contributed by atoms with E-state index in [-0.39, 0.29) is 0 Å². The Balaban J connectivity index is 1.75. The Hall–Kier alpha value is -1.66. The lowest BCUT2D eigenvalue weighted by atomic mass is 10.1. The van der Waals surface area contributed by atoms with Crippen molar-refractivity contribution in [3.8, 4) is 0 Å². The molecule has 1 saturated heterocycles. The molecule has 23 heavy (non-hydrogen) atoms. The van der Waals surface area contributed by atoms with Gasteiger partial charge in [-0.15, -0.1) is 0 Å². The Morgan fingerprint density at radius 3 is 2.30 bits per heavy atom. The van der Waals surface area contributed by atoms with Crippen LogP contribution in [0, 0.1) is 0 Å². The SMILES string of the molecule is O=S(=O)(c1cnn(Cc2ccccc2)c1)N1CCCCCCC1. The molecular weight excluding hydrogens is 310 g/mol. The van der Waals surface area contributed by atoms with Crippen LogP contribution in [0.25, 0.3) is 0 Å². The summed E-state index contributed by atoms with van der Waals surface area (Å²) in [5.74, 6) is 0. The lowest BCUT2D eigenvalue weighted by Gasteiger charge is -2.23. The highest BCUT2D eigenvalue weighted by atomic mass is 32.2. The maximum atomic E-state index is 12.8. The molecule has 0 bridgehead atoms. The Labute approximate surface area is 138 Å². The number of rotatable bonds is 4. The van der Waals surface area contributed by atoms with E-state index in [0.717, 1.165) is 31.2 Å². The highest BCUT2D eigenvalue weighted by molar-refractivity contribution is 7.89. The first kappa shape index (κ1) is 16.2. The van der Waals surface area contributed by atoms with E-state index < -0.39 is 10.0 Å². The quantitative estimate of drug-likeness (QED) is 0.864. The van der Waals surface area contributed by atoms with Crippen LogP contribution in [-0.4, -0.2) is 35.6 Å². The summed E-state index contributed by atoms with van der Waals surface area (Å²) in [6.45, 7) is 1.81. The van der Waals surface area contributed by atoms with Gasteiger partial charge >= 0.3 is 0 Å². The van der Waals surface area contributed by atoms with E-state index in [0.29, 0.717) is 24.5 Å². The lowest BCUT2D eigenvalue weighted by Crippen LogP contribution is -2.33. The van der Waals surface area contributed by atoms with Crippen molar-refractivity contribution in [1.82, 2.24) is 14.1 Å². The minimum atomic E-state index is -3.42. The molecule has 0 spiro atoms. The molecule has 5 nitrogen and oxygen atoms in total. The molecule has 1 aromatic heterocycles. The Morgan fingerprint density at radius 1 is 0.957 bits per heavy atom. The summed E-state index contributed by atoms with van der Waals surface area (Å²) in [4.78, 5) is 0.300. The van der Waals surface area contributed by atoms with Crippen molar-refractivity contribution in [3.63, 3.8) is 0 Å². The molecule has 2 heterocycles. The molecule has 1 aliphatic rings. The molecule has 0 aliphatic carbocycles. The second kappa shape index (κ2) is 7.27. The monoisotopic (exact) mass is 333 g/mol. The van der Waals surface area contributed by atoms with Crippen LogP contribution in [0.3, 0.4) is 0 Å². The third-order valence-electron chi connectivity index (χ3n) is 4.25. The van der Waals surface area contributed by atoms with Crippen molar-refractivity contribution in [2.45, 2.75) is 43.5 Å². The van der Waals surface area contributed by atoms with Crippen LogP contribution in [0.4, 0.5) is 0 Å². The van der Waals surface area contributed by atoms with Crippen LogP contribution in [0.1, 0.15) is 37.7 Å². The summed E-state index contributed by atoms with van der Waals surface area (Å²) >= 11 is 0. The Kier molecular flexibility index (Phi) is 5.13. The zero-order valence-electron chi connectivity index (χ0n) is 13.3. The van der Waals surface area contributed by atoms with Gasteiger partial charge in [-0.3, -0.25) is 4.68 Å². The minimum Gasteiger partial charge on any atom is -0.267 e. The van der Waals surface area contributed by atoms with Crippen molar-refractivity contribution in [2.75, 3.05) is 13.1 Å². The molecule has 0 amide bonds. The molecule has 0 unspecified atom stereocenters. The summed E-state index contributed by atoms with van der Waals surface area (Å²) in [7, 11) is -3.42.